The highest BCUT2D eigenvalue weighted by Gasteiger charge is 2.16. The van der Waals surface area contributed by atoms with E-state index in [1.807, 2.05) is 18.4 Å². The minimum atomic E-state index is -0.505. The number of benzene rings is 1. The maximum atomic E-state index is 9.88. The Morgan fingerprint density at radius 2 is 2.45 bits per heavy atom. The summed E-state index contributed by atoms with van der Waals surface area (Å²) in [5, 5.41) is 13.1. The van der Waals surface area contributed by atoms with E-state index in [1.54, 1.807) is 11.8 Å². The van der Waals surface area contributed by atoms with Crippen molar-refractivity contribution in [2.75, 3.05) is 37.9 Å². The summed E-state index contributed by atoms with van der Waals surface area (Å²) in [6.07, 6.45) is 3.94. The Balaban J connectivity index is 1.62. The second-order valence-electron chi connectivity index (χ2n) is 4.94. The quantitative estimate of drug-likeness (QED) is 0.722. The summed E-state index contributed by atoms with van der Waals surface area (Å²) < 4.78 is 11.0. The third-order valence-electron chi connectivity index (χ3n) is 3.25. The van der Waals surface area contributed by atoms with Crippen molar-refractivity contribution >= 4 is 17.4 Å². The molecular weight excluding hydrogens is 274 g/mol. The third kappa shape index (κ3) is 5.32. The molecule has 1 aromatic rings. The smallest absolute Gasteiger partial charge is 0.0945 e. The number of hydrogen-bond acceptors (Lipinski definition) is 5. The third-order valence-corrected chi connectivity index (χ3v) is 3.97. The van der Waals surface area contributed by atoms with Gasteiger partial charge in [-0.05, 0) is 37.3 Å². The molecule has 2 atom stereocenters. The largest absolute Gasteiger partial charge is 0.389 e. The van der Waals surface area contributed by atoms with Crippen LogP contribution < -0.4 is 5.32 Å². The minimum absolute atomic E-state index is 0.216. The molecule has 0 bridgehead atoms. The van der Waals surface area contributed by atoms with E-state index in [0.29, 0.717) is 19.8 Å². The molecule has 1 heterocycles. The van der Waals surface area contributed by atoms with Crippen molar-refractivity contribution in [2.45, 2.75) is 29.9 Å². The Kier molecular flexibility index (Phi) is 6.66. The molecule has 0 radical (unpaired) electrons. The molecule has 0 aromatic heterocycles. The van der Waals surface area contributed by atoms with Crippen molar-refractivity contribution < 1.29 is 14.6 Å². The van der Waals surface area contributed by atoms with Crippen LogP contribution in [0.1, 0.15) is 12.8 Å². The van der Waals surface area contributed by atoms with Gasteiger partial charge >= 0.3 is 0 Å². The van der Waals surface area contributed by atoms with Gasteiger partial charge in [-0.1, -0.05) is 6.07 Å². The second-order valence-corrected chi connectivity index (χ2v) is 5.82. The summed E-state index contributed by atoms with van der Waals surface area (Å²) in [6, 6.07) is 8.15. The van der Waals surface area contributed by atoms with Crippen LogP contribution in [0.15, 0.2) is 29.2 Å². The zero-order valence-corrected chi connectivity index (χ0v) is 12.7. The van der Waals surface area contributed by atoms with Gasteiger partial charge in [0.05, 0.1) is 25.4 Å². The molecule has 5 heteroatoms. The van der Waals surface area contributed by atoms with Gasteiger partial charge < -0.3 is 19.9 Å². The standard InChI is InChI=1S/C15H23NO3S/c1-20-15-6-2-4-12(8-15)16-9-13(17)10-18-11-14-5-3-7-19-14/h2,4,6,8,13-14,16-17H,3,5,7,9-11H2,1H3. The Morgan fingerprint density at radius 1 is 1.55 bits per heavy atom. The average molecular weight is 297 g/mol. The van der Waals surface area contributed by atoms with Crippen LogP contribution >= 0.6 is 11.8 Å². The van der Waals surface area contributed by atoms with Crippen LogP contribution in [0, 0.1) is 0 Å². The van der Waals surface area contributed by atoms with Gasteiger partial charge in [0, 0.05) is 23.7 Å². The first-order valence-corrected chi connectivity index (χ1v) is 8.25. The molecule has 2 unspecified atom stereocenters. The first-order chi connectivity index (χ1) is 9.78. The predicted octanol–water partition coefficient (Wildman–Crippen LogP) is 2.38. The molecule has 1 aromatic carbocycles. The molecule has 0 aliphatic carbocycles. The van der Waals surface area contributed by atoms with Crippen LogP contribution in [0.3, 0.4) is 0 Å². The van der Waals surface area contributed by atoms with Crippen molar-refractivity contribution in [3.05, 3.63) is 24.3 Å². The van der Waals surface area contributed by atoms with Gasteiger partial charge in [-0.25, -0.2) is 0 Å². The fourth-order valence-corrected chi connectivity index (χ4v) is 2.60. The van der Waals surface area contributed by atoms with E-state index in [9.17, 15) is 5.11 Å². The SMILES string of the molecule is CSc1cccc(NCC(O)COCC2CCCO2)c1. The van der Waals surface area contributed by atoms with E-state index in [2.05, 4.69) is 17.4 Å². The zero-order chi connectivity index (χ0) is 14.2. The van der Waals surface area contributed by atoms with Crippen molar-refractivity contribution in [3.8, 4) is 0 Å². The Bertz CT molecular complexity index is 396. The van der Waals surface area contributed by atoms with E-state index < -0.39 is 6.10 Å². The summed E-state index contributed by atoms with van der Waals surface area (Å²) in [5.74, 6) is 0. The molecule has 4 nitrogen and oxygen atoms in total. The first kappa shape index (κ1) is 15.6. The van der Waals surface area contributed by atoms with Crippen LogP contribution in [-0.4, -0.2) is 49.9 Å². The fraction of sp³-hybridized carbons (Fsp3) is 0.600. The Morgan fingerprint density at radius 3 is 3.20 bits per heavy atom. The lowest BCUT2D eigenvalue weighted by Gasteiger charge is -2.15. The normalized spacial score (nSPS) is 20.0. The number of hydrogen-bond donors (Lipinski definition) is 2. The van der Waals surface area contributed by atoms with Crippen LogP contribution in [0.25, 0.3) is 0 Å². The molecule has 0 amide bonds. The number of anilines is 1. The highest BCUT2D eigenvalue weighted by atomic mass is 32.2. The summed E-state index contributed by atoms with van der Waals surface area (Å²) in [5.41, 5.74) is 1.02. The Labute approximate surface area is 124 Å². The van der Waals surface area contributed by atoms with Crippen LogP contribution in [0.4, 0.5) is 5.69 Å². The molecule has 1 saturated heterocycles. The number of ether oxygens (including phenoxy) is 2. The average Bonchev–Trinajstić information content (AvgIpc) is 2.98. The van der Waals surface area contributed by atoms with Crippen LogP contribution in [0.5, 0.6) is 0 Å². The van der Waals surface area contributed by atoms with Gasteiger partial charge in [0.25, 0.3) is 0 Å². The number of nitrogens with one attached hydrogen (secondary N) is 1. The second kappa shape index (κ2) is 8.52. The fourth-order valence-electron chi connectivity index (χ4n) is 2.14. The minimum Gasteiger partial charge on any atom is -0.389 e. The predicted molar refractivity (Wildman–Crippen MR) is 82.5 cm³/mol. The molecule has 2 N–H and O–H groups in total. The van der Waals surface area contributed by atoms with Gasteiger partial charge in [-0.3, -0.25) is 0 Å². The monoisotopic (exact) mass is 297 g/mol. The van der Waals surface area contributed by atoms with Crippen molar-refractivity contribution in [3.63, 3.8) is 0 Å². The summed E-state index contributed by atoms with van der Waals surface area (Å²) in [7, 11) is 0. The maximum Gasteiger partial charge on any atom is 0.0945 e. The molecule has 0 saturated carbocycles. The number of aliphatic hydroxyl groups is 1. The summed E-state index contributed by atoms with van der Waals surface area (Å²) in [6.45, 7) is 2.25. The lowest BCUT2D eigenvalue weighted by molar-refractivity contribution is -0.0137. The van der Waals surface area contributed by atoms with E-state index in [-0.39, 0.29) is 6.10 Å². The van der Waals surface area contributed by atoms with E-state index in [4.69, 9.17) is 9.47 Å². The zero-order valence-electron chi connectivity index (χ0n) is 11.9. The van der Waals surface area contributed by atoms with Gasteiger partial charge in [0.1, 0.15) is 0 Å². The molecular formula is C15H23NO3S. The van der Waals surface area contributed by atoms with Gasteiger partial charge in [-0.2, -0.15) is 0 Å². The van der Waals surface area contributed by atoms with Crippen LogP contribution in [0.2, 0.25) is 0 Å². The maximum absolute atomic E-state index is 9.88. The van der Waals surface area contributed by atoms with Crippen LogP contribution in [-0.2, 0) is 9.47 Å². The van der Waals surface area contributed by atoms with Gasteiger partial charge in [0.15, 0.2) is 0 Å². The van der Waals surface area contributed by atoms with Crippen molar-refractivity contribution in [1.29, 1.82) is 0 Å². The lowest BCUT2D eigenvalue weighted by atomic mass is 10.2. The number of thioether (sulfide) groups is 1. The molecule has 1 fully saturated rings. The highest BCUT2D eigenvalue weighted by Crippen LogP contribution is 2.18. The topological polar surface area (TPSA) is 50.7 Å². The van der Waals surface area contributed by atoms with E-state index in [1.165, 1.54) is 4.90 Å². The van der Waals surface area contributed by atoms with E-state index >= 15 is 0 Å². The van der Waals surface area contributed by atoms with Gasteiger partial charge in [-0.15, -0.1) is 11.8 Å². The molecule has 112 valence electrons. The molecule has 1 aliphatic rings. The van der Waals surface area contributed by atoms with Crippen molar-refractivity contribution in [2.24, 2.45) is 0 Å². The molecule has 20 heavy (non-hydrogen) atoms. The molecule has 2 rings (SSSR count). The number of aliphatic hydroxyl groups excluding tert-OH is 1. The Hall–Kier alpha value is -0.750. The van der Waals surface area contributed by atoms with Crippen molar-refractivity contribution in [1.82, 2.24) is 0 Å². The highest BCUT2D eigenvalue weighted by molar-refractivity contribution is 7.98. The molecule has 0 spiro atoms. The van der Waals surface area contributed by atoms with E-state index in [0.717, 1.165) is 25.1 Å². The number of rotatable bonds is 8. The lowest BCUT2D eigenvalue weighted by Crippen LogP contribution is -2.27. The summed E-state index contributed by atoms with van der Waals surface area (Å²) >= 11 is 1.70. The summed E-state index contributed by atoms with van der Waals surface area (Å²) in [4.78, 5) is 1.21. The van der Waals surface area contributed by atoms with Gasteiger partial charge in [0.2, 0.25) is 0 Å². The molecule has 1 aliphatic heterocycles. The first-order valence-electron chi connectivity index (χ1n) is 7.03.